The molecule has 0 bridgehead atoms. The van der Waals surface area contributed by atoms with Crippen LogP contribution in [0.1, 0.15) is 25.7 Å². The van der Waals surface area contributed by atoms with E-state index in [0.717, 1.165) is 25.7 Å². The first-order valence-corrected chi connectivity index (χ1v) is 9.21. The molecule has 1 amide bonds. The highest BCUT2D eigenvalue weighted by Gasteiger charge is 2.37. The molecule has 4 rings (SSSR count). The second-order valence-corrected chi connectivity index (χ2v) is 7.17. The maximum Gasteiger partial charge on any atom is 0.240 e. The Bertz CT molecular complexity index is 751. The Balaban J connectivity index is 1.32. The first-order valence-electron chi connectivity index (χ1n) is 8.84. The van der Waals surface area contributed by atoms with E-state index in [0.29, 0.717) is 35.4 Å². The number of ether oxygens (including phenoxy) is 3. The summed E-state index contributed by atoms with van der Waals surface area (Å²) in [5.74, 6) is 1.80. The highest BCUT2D eigenvalue weighted by Crippen LogP contribution is 2.40. The van der Waals surface area contributed by atoms with Crippen molar-refractivity contribution >= 4 is 17.5 Å². The largest absolute Gasteiger partial charge is 0.490 e. The molecule has 3 atom stereocenters. The molecule has 138 valence electrons. The van der Waals surface area contributed by atoms with Crippen molar-refractivity contribution in [1.29, 1.82) is 5.26 Å². The molecule has 1 N–H and O–H groups in total. The fourth-order valence-corrected chi connectivity index (χ4v) is 3.92. The molecule has 0 aromatic heterocycles. The summed E-state index contributed by atoms with van der Waals surface area (Å²) in [5.41, 5.74) is 0. The molecule has 7 nitrogen and oxygen atoms in total. The molecule has 0 radical (unpaired) electrons. The van der Waals surface area contributed by atoms with Gasteiger partial charge in [0.2, 0.25) is 12.7 Å². The van der Waals surface area contributed by atoms with Gasteiger partial charge >= 0.3 is 0 Å². The molecule has 1 aromatic carbocycles. The Morgan fingerprint density at radius 2 is 2.15 bits per heavy atom. The number of nitriles is 1. The van der Waals surface area contributed by atoms with Gasteiger partial charge in [0.25, 0.3) is 0 Å². The van der Waals surface area contributed by atoms with Crippen molar-refractivity contribution in [3.8, 4) is 23.3 Å². The summed E-state index contributed by atoms with van der Waals surface area (Å²) < 4.78 is 16.5. The molecule has 3 heterocycles. The smallest absolute Gasteiger partial charge is 0.240 e. The number of carbonyl (C=O) groups excluding carboxylic acids is 1. The van der Waals surface area contributed by atoms with E-state index in [1.54, 1.807) is 17.0 Å². The van der Waals surface area contributed by atoms with Gasteiger partial charge in [-0.3, -0.25) is 10.1 Å². The van der Waals surface area contributed by atoms with Crippen LogP contribution in [0.15, 0.2) is 12.1 Å². The Hall–Kier alpha value is -2.17. The van der Waals surface area contributed by atoms with Crippen molar-refractivity contribution in [1.82, 2.24) is 10.2 Å². The van der Waals surface area contributed by atoms with E-state index in [2.05, 4.69) is 11.4 Å². The maximum atomic E-state index is 12.6. The zero-order valence-electron chi connectivity index (χ0n) is 14.2. The molecule has 0 unspecified atom stereocenters. The van der Waals surface area contributed by atoms with Crippen LogP contribution in [0.5, 0.6) is 17.2 Å². The second kappa shape index (κ2) is 7.22. The van der Waals surface area contributed by atoms with Gasteiger partial charge in [-0.25, -0.2) is 0 Å². The standard InChI is InChI=1S/C18H20ClN3O4/c19-13-6-16-17(26-10-25-16)7-15(13)24-9-11-3-4-14(21-11)18(23)22-5-1-2-12(22)8-20/h6-7,11-12,14,21H,1-5,9-10H2/t11-,12+,14+/m1/s1. The average Bonchev–Trinajstić information content (AvgIpc) is 3.38. The molecule has 0 aliphatic carbocycles. The number of halogens is 1. The number of amides is 1. The molecular formula is C18H20ClN3O4. The minimum Gasteiger partial charge on any atom is -0.490 e. The predicted molar refractivity (Wildman–Crippen MR) is 93.4 cm³/mol. The van der Waals surface area contributed by atoms with Crippen molar-refractivity contribution in [2.24, 2.45) is 0 Å². The van der Waals surface area contributed by atoms with Crippen LogP contribution >= 0.6 is 11.6 Å². The highest BCUT2D eigenvalue weighted by atomic mass is 35.5. The average molecular weight is 378 g/mol. The van der Waals surface area contributed by atoms with Gasteiger partial charge < -0.3 is 19.1 Å². The number of nitrogens with zero attached hydrogens (tertiary/aromatic N) is 2. The Labute approximate surface area is 156 Å². The summed E-state index contributed by atoms with van der Waals surface area (Å²) in [7, 11) is 0. The number of benzene rings is 1. The van der Waals surface area contributed by atoms with Gasteiger partial charge in [0.1, 0.15) is 18.4 Å². The normalized spacial score (nSPS) is 26.8. The van der Waals surface area contributed by atoms with Gasteiger partial charge in [-0.1, -0.05) is 11.6 Å². The topological polar surface area (TPSA) is 83.8 Å². The third kappa shape index (κ3) is 3.27. The lowest BCUT2D eigenvalue weighted by atomic mass is 10.1. The zero-order valence-corrected chi connectivity index (χ0v) is 15.0. The molecule has 3 aliphatic rings. The van der Waals surface area contributed by atoms with E-state index < -0.39 is 0 Å². The maximum absolute atomic E-state index is 12.6. The fourth-order valence-electron chi connectivity index (χ4n) is 3.71. The number of hydrogen-bond acceptors (Lipinski definition) is 6. The van der Waals surface area contributed by atoms with Crippen molar-refractivity contribution in [3.05, 3.63) is 17.2 Å². The van der Waals surface area contributed by atoms with Crippen LogP contribution in [-0.2, 0) is 4.79 Å². The minimum absolute atomic E-state index is 0.0256. The summed E-state index contributed by atoms with van der Waals surface area (Å²) in [4.78, 5) is 14.3. The molecule has 26 heavy (non-hydrogen) atoms. The number of carbonyl (C=O) groups is 1. The van der Waals surface area contributed by atoms with Gasteiger partial charge in [-0.2, -0.15) is 5.26 Å². The lowest BCUT2D eigenvalue weighted by molar-refractivity contribution is -0.133. The monoisotopic (exact) mass is 377 g/mol. The Morgan fingerprint density at radius 3 is 2.96 bits per heavy atom. The summed E-state index contributed by atoms with van der Waals surface area (Å²) in [6.07, 6.45) is 3.25. The molecule has 0 saturated carbocycles. The number of hydrogen-bond donors (Lipinski definition) is 1. The van der Waals surface area contributed by atoms with E-state index in [9.17, 15) is 4.79 Å². The highest BCUT2D eigenvalue weighted by molar-refractivity contribution is 6.32. The first kappa shape index (κ1) is 17.3. The Kier molecular flexibility index (Phi) is 4.79. The van der Waals surface area contributed by atoms with Crippen LogP contribution < -0.4 is 19.5 Å². The van der Waals surface area contributed by atoms with Crippen LogP contribution in [0.3, 0.4) is 0 Å². The van der Waals surface area contributed by atoms with Gasteiger partial charge in [-0.05, 0) is 25.7 Å². The van der Waals surface area contributed by atoms with Gasteiger partial charge in [0, 0.05) is 24.7 Å². The third-order valence-corrected chi connectivity index (χ3v) is 5.39. The summed E-state index contributed by atoms with van der Waals surface area (Å²) in [6.45, 7) is 1.26. The number of fused-ring (bicyclic) bond motifs is 1. The van der Waals surface area contributed by atoms with E-state index in [4.69, 9.17) is 31.1 Å². The van der Waals surface area contributed by atoms with E-state index in [-0.39, 0.29) is 30.8 Å². The van der Waals surface area contributed by atoms with Gasteiger partial charge in [0.15, 0.2) is 11.5 Å². The molecule has 1 aromatic rings. The number of nitrogens with one attached hydrogen (secondary N) is 1. The summed E-state index contributed by atoms with van der Waals surface area (Å²) in [6, 6.07) is 5.16. The van der Waals surface area contributed by atoms with Crippen molar-refractivity contribution < 1.29 is 19.0 Å². The molecule has 8 heteroatoms. The van der Waals surface area contributed by atoms with E-state index >= 15 is 0 Å². The van der Waals surface area contributed by atoms with Crippen LogP contribution in [0.4, 0.5) is 0 Å². The van der Waals surface area contributed by atoms with E-state index in [1.165, 1.54) is 0 Å². The zero-order chi connectivity index (χ0) is 18.1. The van der Waals surface area contributed by atoms with Gasteiger partial charge in [-0.15, -0.1) is 0 Å². The van der Waals surface area contributed by atoms with Crippen LogP contribution in [0.2, 0.25) is 5.02 Å². The van der Waals surface area contributed by atoms with Crippen molar-refractivity contribution in [2.75, 3.05) is 19.9 Å². The summed E-state index contributed by atoms with van der Waals surface area (Å²) in [5, 5.41) is 13.0. The lowest BCUT2D eigenvalue weighted by Gasteiger charge is -2.24. The molecular weight excluding hydrogens is 358 g/mol. The first-order chi connectivity index (χ1) is 12.7. The van der Waals surface area contributed by atoms with E-state index in [1.807, 2.05) is 0 Å². The second-order valence-electron chi connectivity index (χ2n) is 6.76. The predicted octanol–water partition coefficient (Wildman–Crippen LogP) is 2.08. The lowest BCUT2D eigenvalue weighted by Crippen LogP contribution is -2.47. The SMILES string of the molecule is N#C[C@@H]1CCCN1C(=O)[C@@H]1CC[C@H](COc2cc3c(cc2Cl)OCO3)N1. The molecule has 2 fully saturated rings. The number of rotatable bonds is 4. The van der Waals surface area contributed by atoms with Gasteiger partial charge in [0.05, 0.1) is 17.1 Å². The van der Waals surface area contributed by atoms with Crippen LogP contribution in [-0.4, -0.2) is 48.9 Å². The van der Waals surface area contributed by atoms with Crippen molar-refractivity contribution in [3.63, 3.8) is 0 Å². The summed E-state index contributed by atoms with van der Waals surface area (Å²) >= 11 is 6.22. The van der Waals surface area contributed by atoms with Crippen molar-refractivity contribution in [2.45, 2.75) is 43.8 Å². The molecule has 2 saturated heterocycles. The Morgan fingerprint density at radius 1 is 1.35 bits per heavy atom. The third-order valence-electron chi connectivity index (χ3n) is 5.09. The molecule has 0 spiro atoms. The van der Waals surface area contributed by atoms with Crippen LogP contribution in [0, 0.1) is 11.3 Å². The molecule has 3 aliphatic heterocycles. The fraction of sp³-hybridized carbons (Fsp3) is 0.556. The number of likely N-dealkylation sites (tertiary alicyclic amines) is 1. The quantitative estimate of drug-likeness (QED) is 0.864. The van der Waals surface area contributed by atoms with Crippen LogP contribution in [0.25, 0.3) is 0 Å². The minimum atomic E-state index is -0.285.